The lowest BCUT2D eigenvalue weighted by atomic mass is 9.84. The van der Waals surface area contributed by atoms with E-state index in [9.17, 15) is 0 Å². The minimum Gasteiger partial charge on any atom is -0.309 e. The highest BCUT2D eigenvalue weighted by molar-refractivity contribution is 6.24. The van der Waals surface area contributed by atoms with Gasteiger partial charge in [-0.3, -0.25) is 0 Å². The minimum absolute atomic E-state index is 1.17. The maximum absolute atomic E-state index is 2.41. The molecule has 0 fully saturated rings. The van der Waals surface area contributed by atoms with E-state index >= 15 is 0 Å². The molecule has 0 aliphatic carbocycles. The van der Waals surface area contributed by atoms with Crippen molar-refractivity contribution < 1.29 is 0 Å². The van der Waals surface area contributed by atoms with Crippen LogP contribution >= 0.6 is 0 Å². The van der Waals surface area contributed by atoms with Gasteiger partial charge in [-0.2, -0.15) is 0 Å². The number of hydrogen-bond acceptors (Lipinski definition) is 0. The number of hydrogen-bond donors (Lipinski definition) is 0. The second kappa shape index (κ2) is 11.1. The molecule has 0 unspecified atom stereocenters. The first-order chi connectivity index (χ1) is 24.3. The number of rotatable bonds is 4. The standard InChI is InChI=1S/C48H31N/c1-3-14-32(15-4-1)34-27-26-33-16-13-24-42(43(33)30-34)48-40-22-9-7-20-38(40)47(39-21-8-10-23-41(39)48)35-28-29-46-44(31-35)37-19-11-12-25-45(37)49(46)36-17-5-2-6-18-36/h1-31H. The van der Waals surface area contributed by atoms with Gasteiger partial charge < -0.3 is 4.57 Å². The summed E-state index contributed by atoms with van der Waals surface area (Å²) in [6.07, 6.45) is 0. The van der Waals surface area contributed by atoms with Crippen LogP contribution in [0.25, 0.3) is 93.2 Å². The summed E-state index contributed by atoms with van der Waals surface area (Å²) in [6, 6.07) is 68.7. The molecule has 0 radical (unpaired) electrons. The fourth-order valence-corrected chi connectivity index (χ4v) is 8.01. The molecular weight excluding hydrogens is 591 g/mol. The Morgan fingerprint density at radius 3 is 1.55 bits per heavy atom. The Kier molecular flexibility index (Phi) is 6.25. The summed E-state index contributed by atoms with van der Waals surface area (Å²) < 4.78 is 2.39. The molecule has 1 aromatic heterocycles. The summed E-state index contributed by atoms with van der Waals surface area (Å²) in [5, 5.41) is 10.1. The Balaban J connectivity index is 1.27. The lowest BCUT2D eigenvalue weighted by molar-refractivity contribution is 1.18. The largest absolute Gasteiger partial charge is 0.309 e. The van der Waals surface area contributed by atoms with E-state index in [-0.39, 0.29) is 0 Å². The second-order valence-corrected chi connectivity index (χ2v) is 12.9. The Labute approximate surface area is 284 Å². The monoisotopic (exact) mass is 621 g/mol. The van der Waals surface area contributed by atoms with Crippen molar-refractivity contribution in [2.24, 2.45) is 0 Å². The molecule has 228 valence electrons. The molecular formula is C48H31N. The number of aromatic nitrogens is 1. The van der Waals surface area contributed by atoms with E-state index in [4.69, 9.17) is 0 Å². The van der Waals surface area contributed by atoms with Crippen LogP contribution in [0.3, 0.4) is 0 Å². The zero-order valence-corrected chi connectivity index (χ0v) is 26.8. The van der Waals surface area contributed by atoms with Gasteiger partial charge in [0, 0.05) is 16.5 Å². The average molecular weight is 622 g/mol. The quantitative estimate of drug-likeness (QED) is 0.172. The van der Waals surface area contributed by atoms with Crippen molar-refractivity contribution in [3.05, 3.63) is 188 Å². The highest BCUT2D eigenvalue weighted by Crippen LogP contribution is 2.46. The van der Waals surface area contributed by atoms with E-state index in [2.05, 4.69) is 193 Å². The molecule has 0 saturated carbocycles. The van der Waals surface area contributed by atoms with E-state index < -0.39 is 0 Å². The summed E-state index contributed by atoms with van der Waals surface area (Å²) in [4.78, 5) is 0. The van der Waals surface area contributed by atoms with Crippen molar-refractivity contribution in [3.8, 4) is 39.1 Å². The van der Waals surface area contributed by atoms with E-state index in [1.54, 1.807) is 0 Å². The average Bonchev–Trinajstić information content (AvgIpc) is 3.51. The molecule has 0 spiro atoms. The Morgan fingerprint density at radius 1 is 0.286 bits per heavy atom. The van der Waals surface area contributed by atoms with Gasteiger partial charge in [0.25, 0.3) is 0 Å². The van der Waals surface area contributed by atoms with Crippen LogP contribution in [0.4, 0.5) is 0 Å². The van der Waals surface area contributed by atoms with Gasteiger partial charge in [0.05, 0.1) is 11.0 Å². The van der Waals surface area contributed by atoms with Gasteiger partial charge in [-0.25, -0.2) is 0 Å². The number of benzene rings is 9. The third-order valence-electron chi connectivity index (χ3n) is 10.2. The molecule has 0 N–H and O–H groups in total. The molecule has 0 aliphatic heterocycles. The molecule has 0 bridgehead atoms. The molecule has 1 heteroatoms. The van der Waals surface area contributed by atoms with E-state index in [0.717, 1.165) is 0 Å². The predicted molar refractivity (Wildman–Crippen MR) is 210 cm³/mol. The first-order valence-electron chi connectivity index (χ1n) is 16.9. The zero-order valence-electron chi connectivity index (χ0n) is 26.8. The Morgan fingerprint density at radius 2 is 0.837 bits per heavy atom. The van der Waals surface area contributed by atoms with Crippen LogP contribution in [0.15, 0.2) is 188 Å². The van der Waals surface area contributed by atoms with Crippen molar-refractivity contribution in [1.29, 1.82) is 0 Å². The van der Waals surface area contributed by atoms with Gasteiger partial charge in [0.2, 0.25) is 0 Å². The highest BCUT2D eigenvalue weighted by atomic mass is 15.0. The molecule has 49 heavy (non-hydrogen) atoms. The zero-order chi connectivity index (χ0) is 32.3. The molecule has 0 aliphatic rings. The molecule has 10 aromatic rings. The number of nitrogens with zero attached hydrogens (tertiary/aromatic N) is 1. The van der Waals surface area contributed by atoms with E-state index in [1.165, 1.54) is 93.2 Å². The molecule has 10 rings (SSSR count). The summed E-state index contributed by atoms with van der Waals surface area (Å²) in [5.41, 5.74) is 11.1. The summed E-state index contributed by atoms with van der Waals surface area (Å²) in [6.45, 7) is 0. The Hall–Kier alpha value is -6.44. The maximum atomic E-state index is 2.41. The third-order valence-corrected chi connectivity index (χ3v) is 10.2. The van der Waals surface area contributed by atoms with Gasteiger partial charge in [0.15, 0.2) is 0 Å². The van der Waals surface area contributed by atoms with Crippen LogP contribution in [-0.2, 0) is 0 Å². The highest BCUT2D eigenvalue weighted by Gasteiger charge is 2.20. The summed E-state index contributed by atoms with van der Waals surface area (Å²) in [7, 11) is 0. The van der Waals surface area contributed by atoms with E-state index in [0.29, 0.717) is 0 Å². The number of para-hydroxylation sites is 2. The SMILES string of the molecule is c1ccc(-c2ccc3cccc(-c4c5ccccc5c(-c5ccc6c(c5)c5ccccc5n6-c5ccccc5)c5ccccc45)c3c2)cc1. The predicted octanol–water partition coefficient (Wildman–Crippen LogP) is 13.2. The van der Waals surface area contributed by atoms with Crippen molar-refractivity contribution in [2.45, 2.75) is 0 Å². The van der Waals surface area contributed by atoms with Gasteiger partial charge in [-0.05, 0) is 102 Å². The molecule has 1 nitrogen and oxygen atoms in total. The van der Waals surface area contributed by atoms with Crippen LogP contribution in [0, 0.1) is 0 Å². The smallest absolute Gasteiger partial charge is 0.0541 e. The lowest BCUT2D eigenvalue weighted by Gasteiger charge is -2.19. The molecule has 0 amide bonds. The molecule has 0 saturated heterocycles. The fraction of sp³-hybridized carbons (Fsp3) is 0. The summed E-state index contributed by atoms with van der Waals surface area (Å²) >= 11 is 0. The van der Waals surface area contributed by atoms with Gasteiger partial charge >= 0.3 is 0 Å². The normalized spacial score (nSPS) is 11.7. The second-order valence-electron chi connectivity index (χ2n) is 12.9. The van der Waals surface area contributed by atoms with Crippen LogP contribution in [0.1, 0.15) is 0 Å². The van der Waals surface area contributed by atoms with Crippen LogP contribution in [0.2, 0.25) is 0 Å². The van der Waals surface area contributed by atoms with Crippen LogP contribution in [0.5, 0.6) is 0 Å². The topological polar surface area (TPSA) is 4.93 Å². The van der Waals surface area contributed by atoms with Crippen molar-refractivity contribution in [1.82, 2.24) is 4.57 Å². The first-order valence-corrected chi connectivity index (χ1v) is 16.9. The maximum Gasteiger partial charge on any atom is 0.0541 e. The van der Waals surface area contributed by atoms with Crippen molar-refractivity contribution in [3.63, 3.8) is 0 Å². The van der Waals surface area contributed by atoms with E-state index in [1.807, 2.05) is 0 Å². The van der Waals surface area contributed by atoms with Crippen molar-refractivity contribution in [2.75, 3.05) is 0 Å². The van der Waals surface area contributed by atoms with Gasteiger partial charge in [-0.1, -0.05) is 152 Å². The van der Waals surface area contributed by atoms with Gasteiger partial charge in [0.1, 0.15) is 0 Å². The van der Waals surface area contributed by atoms with Gasteiger partial charge in [-0.15, -0.1) is 0 Å². The molecule has 1 heterocycles. The summed E-state index contributed by atoms with van der Waals surface area (Å²) in [5.74, 6) is 0. The Bertz CT molecular complexity index is 2800. The third kappa shape index (κ3) is 4.33. The van der Waals surface area contributed by atoms with Crippen molar-refractivity contribution >= 4 is 54.1 Å². The molecule has 0 atom stereocenters. The minimum atomic E-state index is 1.17. The number of fused-ring (bicyclic) bond motifs is 6. The molecule has 9 aromatic carbocycles. The fourth-order valence-electron chi connectivity index (χ4n) is 8.01. The lowest BCUT2D eigenvalue weighted by Crippen LogP contribution is -1.93. The van der Waals surface area contributed by atoms with Crippen LogP contribution < -0.4 is 0 Å². The van der Waals surface area contributed by atoms with Crippen LogP contribution in [-0.4, -0.2) is 4.57 Å². The first kappa shape index (κ1) is 27.7.